The fourth-order valence-electron chi connectivity index (χ4n) is 3.77. The van der Waals surface area contributed by atoms with Crippen LogP contribution in [0.5, 0.6) is 11.5 Å². The van der Waals surface area contributed by atoms with Gasteiger partial charge < -0.3 is 9.47 Å². The predicted octanol–water partition coefficient (Wildman–Crippen LogP) is 4.93. The van der Waals surface area contributed by atoms with Crippen molar-refractivity contribution >= 4 is 24.6 Å². The number of methoxy groups -OCH3 is 1. The third-order valence-electron chi connectivity index (χ3n) is 4.97. The highest BCUT2D eigenvalue weighted by Crippen LogP contribution is 2.49. The Morgan fingerprint density at radius 2 is 1.83 bits per heavy atom. The van der Waals surface area contributed by atoms with Gasteiger partial charge in [-0.05, 0) is 55.0 Å². The summed E-state index contributed by atoms with van der Waals surface area (Å²) in [5.41, 5.74) is 3.67. The van der Waals surface area contributed by atoms with Crippen molar-refractivity contribution < 1.29 is 9.47 Å². The van der Waals surface area contributed by atoms with Crippen LogP contribution in [0.2, 0.25) is 0 Å². The molecule has 0 saturated heterocycles. The summed E-state index contributed by atoms with van der Waals surface area (Å²) in [4.78, 5) is 4.06. The van der Waals surface area contributed by atoms with E-state index in [0.29, 0.717) is 0 Å². The van der Waals surface area contributed by atoms with Crippen molar-refractivity contribution in [2.24, 2.45) is 0 Å². The van der Waals surface area contributed by atoms with Gasteiger partial charge in [0.2, 0.25) is 0 Å². The van der Waals surface area contributed by atoms with Crippen molar-refractivity contribution in [1.29, 1.82) is 0 Å². The molecule has 3 nitrogen and oxygen atoms in total. The number of ether oxygens (including phenoxy) is 2. The van der Waals surface area contributed by atoms with E-state index in [1.165, 1.54) is 24.0 Å². The summed E-state index contributed by atoms with van der Waals surface area (Å²) in [7, 11) is 1.71. The van der Waals surface area contributed by atoms with Gasteiger partial charge in [-0.3, -0.25) is 4.98 Å². The van der Waals surface area contributed by atoms with Crippen molar-refractivity contribution in [3.8, 4) is 11.5 Å². The summed E-state index contributed by atoms with van der Waals surface area (Å²) in [5, 5.41) is 0. The number of benzene rings is 1. The van der Waals surface area contributed by atoms with E-state index in [0.717, 1.165) is 36.3 Å². The first-order valence-electron chi connectivity index (χ1n) is 8.27. The van der Waals surface area contributed by atoms with Gasteiger partial charge in [0.25, 0.3) is 0 Å². The van der Waals surface area contributed by atoms with Crippen molar-refractivity contribution in [3.05, 3.63) is 53.3 Å². The van der Waals surface area contributed by atoms with Crippen molar-refractivity contribution in [1.82, 2.24) is 4.98 Å². The van der Waals surface area contributed by atoms with Gasteiger partial charge in [-0.2, -0.15) is 0 Å². The molecule has 0 amide bonds. The fourth-order valence-corrected chi connectivity index (χ4v) is 3.77. The third-order valence-corrected chi connectivity index (χ3v) is 4.97. The molecule has 4 heteroatoms. The zero-order chi connectivity index (χ0) is 15.7. The Hall–Kier alpha value is -2.00. The van der Waals surface area contributed by atoms with E-state index in [1.54, 1.807) is 7.11 Å². The van der Waals surface area contributed by atoms with Crippen molar-refractivity contribution in [3.63, 3.8) is 0 Å². The minimum atomic E-state index is 0. The largest absolute Gasteiger partial charge is 0.493 e. The van der Waals surface area contributed by atoms with Gasteiger partial charge >= 0.3 is 0 Å². The first kappa shape index (κ1) is 16.8. The maximum absolute atomic E-state index is 6.40. The average molecular weight is 344 g/mol. The standard InChI is InChI=1S/C20H21NO2.ClH/c1-22-18-7-6-16(5-4-15-8-12-21-13-9-15)17-14-20(23-19(17)18)10-2-3-11-20;/h4-9,12-13H,2-3,10-11,14H2,1H3;1H/b5-4+;. The highest BCUT2D eigenvalue weighted by atomic mass is 35.5. The molecule has 1 spiro atoms. The molecule has 1 aromatic heterocycles. The molecule has 2 aliphatic rings. The van der Waals surface area contributed by atoms with Crippen LogP contribution in [0.1, 0.15) is 42.4 Å². The molecule has 1 saturated carbocycles. The molecular weight excluding hydrogens is 322 g/mol. The number of hydrogen-bond acceptors (Lipinski definition) is 3. The number of aromatic nitrogens is 1. The lowest BCUT2D eigenvalue weighted by molar-refractivity contribution is 0.0996. The molecule has 126 valence electrons. The number of halogens is 1. The molecule has 1 aromatic carbocycles. The summed E-state index contributed by atoms with van der Waals surface area (Å²) < 4.78 is 11.9. The Bertz CT molecular complexity index is 737. The zero-order valence-electron chi connectivity index (χ0n) is 13.8. The van der Waals surface area contributed by atoms with E-state index in [2.05, 4.69) is 23.2 Å². The molecule has 2 aromatic rings. The second kappa shape index (κ2) is 6.86. The maximum atomic E-state index is 6.40. The zero-order valence-corrected chi connectivity index (χ0v) is 14.6. The van der Waals surface area contributed by atoms with Crippen LogP contribution in [-0.4, -0.2) is 17.7 Å². The van der Waals surface area contributed by atoms with Crippen LogP contribution < -0.4 is 9.47 Å². The van der Waals surface area contributed by atoms with Crippen LogP contribution in [0.25, 0.3) is 12.2 Å². The first-order valence-corrected chi connectivity index (χ1v) is 8.27. The molecule has 24 heavy (non-hydrogen) atoms. The summed E-state index contributed by atoms with van der Waals surface area (Å²) in [6, 6.07) is 8.16. The highest BCUT2D eigenvalue weighted by Gasteiger charge is 2.43. The minimum absolute atomic E-state index is 0. The smallest absolute Gasteiger partial charge is 0.165 e. The number of nitrogens with zero attached hydrogens (tertiary/aromatic N) is 1. The maximum Gasteiger partial charge on any atom is 0.165 e. The van der Waals surface area contributed by atoms with Crippen LogP contribution in [0, 0.1) is 0 Å². The average Bonchev–Trinajstić information content (AvgIpc) is 3.20. The fraction of sp³-hybridized carbons (Fsp3) is 0.350. The van der Waals surface area contributed by atoms with Crippen LogP contribution >= 0.6 is 12.4 Å². The van der Waals surface area contributed by atoms with Gasteiger partial charge in [0.05, 0.1) is 7.11 Å². The number of pyridine rings is 1. The Morgan fingerprint density at radius 3 is 2.54 bits per heavy atom. The first-order chi connectivity index (χ1) is 11.3. The van der Waals surface area contributed by atoms with Gasteiger partial charge in [-0.15, -0.1) is 12.4 Å². The Kier molecular flexibility index (Phi) is 4.81. The quantitative estimate of drug-likeness (QED) is 0.791. The van der Waals surface area contributed by atoms with Crippen molar-refractivity contribution in [2.75, 3.05) is 7.11 Å². The molecule has 0 unspecified atom stereocenters. The molecule has 0 atom stereocenters. The van der Waals surface area contributed by atoms with Crippen molar-refractivity contribution in [2.45, 2.75) is 37.7 Å². The molecule has 1 aliphatic carbocycles. The van der Waals surface area contributed by atoms with Gasteiger partial charge in [-0.1, -0.05) is 18.2 Å². The number of rotatable bonds is 3. The van der Waals surface area contributed by atoms with Gasteiger partial charge in [0, 0.05) is 24.4 Å². The van der Waals surface area contributed by atoms with E-state index in [1.807, 2.05) is 30.6 Å². The Balaban J connectivity index is 0.00000169. The number of fused-ring (bicyclic) bond motifs is 1. The van der Waals surface area contributed by atoms with E-state index in [-0.39, 0.29) is 18.0 Å². The minimum Gasteiger partial charge on any atom is -0.493 e. The predicted molar refractivity (Wildman–Crippen MR) is 98.9 cm³/mol. The van der Waals surface area contributed by atoms with Crippen LogP contribution in [-0.2, 0) is 6.42 Å². The molecule has 0 radical (unpaired) electrons. The van der Waals surface area contributed by atoms with E-state index < -0.39 is 0 Å². The highest BCUT2D eigenvalue weighted by molar-refractivity contribution is 5.85. The summed E-state index contributed by atoms with van der Waals surface area (Å²) in [6.07, 6.45) is 13.8. The second-order valence-corrected chi connectivity index (χ2v) is 6.45. The van der Waals surface area contributed by atoms with Crippen LogP contribution in [0.4, 0.5) is 0 Å². The lowest BCUT2D eigenvalue weighted by Crippen LogP contribution is -2.30. The molecule has 0 N–H and O–H groups in total. The molecule has 2 heterocycles. The normalized spacial score (nSPS) is 17.5. The molecule has 1 aliphatic heterocycles. The second-order valence-electron chi connectivity index (χ2n) is 6.45. The van der Waals surface area contributed by atoms with E-state index in [4.69, 9.17) is 9.47 Å². The number of hydrogen-bond donors (Lipinski definition) is 0. The SMILES string of the molecule is COc1ccc(/C=C/c2ccncc2)c2c1OC1(CCCC1)C2.Cl. The van der Waals surface area contributed by atoms with Gasteiger partial charge in [0.1, 0.15) is 5.60 Å². The van der Waals surface area contributed by atoms with E-state index in [9.17, 15) is 0 Å². The summed E-state index contributed by atoms with van der Waals surface area (Å²) in [5.74, 6) is 1.80. The monoisotopic (exact) mass is 343 g/mol. The van der Waals surface area contributed by atoms with E-state index >= 15 is 0 Å². The summed E-state index contributed by atoms with van der Waals surface area (Å²) >= 11 is 0. The van der Waals surface area contributed by atoms with Gasteiger partial charge in [-0.25, -0.2) is 0 Å². The Labute approximate surface area is 149 Å². The summed E-state index contributed by atoms with van der Waals surface area (Å²) in [6.45, 7) is 0. The molecule has 0 bridgehead atoms. The van der Waals surface area contributed by atoms with Crippen LogP contribution in [0.3, 0.4) is 0 Å². The molecular formula is C20H22ClNO2. The van der Waals surface area contributed by atoms with Crippen LogP contribution in [0.15, 0.2) is 36.7 Å². The molecule has 1 fully saturated rings. The third kappa shape index (κ3) is 3.01. The topological polar surface area (TPSA) is 31.4 Å². The molecule has 4 rings (SSSR count). The lowest BCUT2D eigenvalue weighted by Gasteiger charge is -2.22. The Morgan fingerprint density at radius 1 is 1.08 bits per heavy atom. The van der Waals surface area contributed by atoms with Gasteiger partial charge in [0.15, 0.2) is 11.5 Å². The lowest BCUT2D eigenvalue weighted by atomic mass is 9.92.